The number of aromatic nitrogens is 2. The third kappa shape index (κ3) is 3.54. The predicted molar refractivity (Wildman–Crippen MR) is 50.4 cm³/mol. The molecule has 1 heterocycles. The molecule has 1 aromatic rings. The normalized spacial score (nSPS) is 14.2. The first-order valence-corrected chi connectivity index (χ1v) is 4.71. The summed E-state index contributed by atoms with van der Waals surface area (Å²) in [6.07, 6.45) is -1.25. The van der Waals surface area contributed by atoms with Crippen molar-refractivity contribution in [1.82, 2.24) is 15.1 Å². The number of alkyl halides is 3. The van der Waals surface area contributed by atoms with Crippen LogP contribution in [0, 0.1) is 0 Å². The highest BCUT2D eigenvalue weighted by Gasteiger charge is 2.38. The monoisotopic (exact) mass is 221 g/mol. The molecule has 0 aliphatic carbocycles. The maximum absolute atomic E-state index is 12.5. The minimum atomic E-state index is -4.22. The molecule has 15 heavy (non-hydrogen) atoms. The summed E-state index contributed by atoms with van der Waals surface area (Å²) in [5.41, 5.74) is 0.584. The molecule has 1 rings (SSSR count). The zero-order valence-corrected chi connectivity index (χ0v) is 8.67. The van der Waals surface area contributed by atoms with Gasteiger partial charge < -0.3 is 5.32 Å². The molecule has 0 amide bonds. The smallest absolute Gasteiger partial charge is 0.306 e. The Bertz CT molecular complexity index is 306. The fraction of sp³-hybridized carbons (Fsp3) is 0.667. The van der Waals surface area contributed by atoms with E-state index in [0.717, 1.165) is 0 Å². The van der Waals surface area contributed by atoms with Gasteiger partial charge in [-0.2, -0.15) is 18.3 Å². The standard InChI is InChI=1S/C9H14F3N3/c1-3-13-8(9(10,11)12)4-7-5-14-15(2)6-7/h5-6,8,13H,3-4H2,1-2H3. The van der Waals surface area contributed by atoms with Crippen LogP contribution < -0.4 is 5.32 Å². The van der Waals surface area contributed by atoms with Gasteiger partial charge in [-0.1, -0.05) is 6.92 Å². The number of rotatable bonds is 4. The molecule has 1 N–H and O–H groups in total. The molecular formula is C9H14F3N3. The van der Waals surface area contributed by atoms with Crippen molar-refractivity contribution in [2.24, 2.45) is 7.05 Å². The maximum atomic E-state index is 12.5. The number of nitrogens with one attached hydrogen (secondary N) is 1. The second kappa shape index (κ2) is 4.65. The van der Waals surface area contributed by atoms with Gasteiger partial charge in [0.05, 0.1) is 6.20 Å². The molecule has 0 radical (unpaired) electrons. The van der Waals surface area contributed by atoms with Gasteiger partial charge in [0.2, 0.25) is 0 Å². The van der Waals surface area contributed by atoms with Gasteiger partial charge in [0.1, 0.15) is 6.04 Å². The minimum Gasteiger partial charge on any atom is -0.306 e. The summed E-state index contributed by atoms with van der Waals surface area (Å²) in [7, 11) is 1.68. The molecule has 0 saturated carbocycles. The largest absolute Gasteiger partial charge is 0.404 e. The van der Waals surface area contributed by atoms with Gasteiger partial charge in [-0.25, -0.2) is 0 Å². The summed E-state index contributed by atoms with van der Waals surface area (Å²) in [5, 5.41) is 6.25. The Morgan fingerprint density at radius 1 is 1.53 bits per heavy atom. The molecule has 0 fully saturated rings. The molecule has 0 saturated heterocycles. The number of aryl methyl sites for hydroxylation is 1. The van der Waals surface area contributed by atoms with Crippen molar-refractivity contribution in [2.45, 2.75) is 25.6 Å². The van der Waals surface area contributed by atoms with Gasteiger partial charge in [-0.15, -0.1) is 0 Å². The average molecular weight is 221 g/mol. The van der Waals surface area contributed by atoms with Crippen molar-refractivity contribution in [3.8, 4) is 0 Å². The van der Waals surface area contributed by atoms with E-state index in [4.69, 9.17) is 0 Å². The van der Waals surface area contributed by atoms with Gasteiger partial charge in [-0.3, -0.25) is 4.68 Å². The van der Waals surface area contributed by atoms with Crippen LogP contribution in [-0.4, -0.2) is 28.5 Å². The topological polar surface area (TPSA) is 29.9 Å². The van der Waals surface area contributed by atoms with Gasteiger partial charge in [0.15, 0.2) is 0 Å². The van der Waals surface area contributed by atoms with E-state index in [2.05, 4.69) is 10.4 Å². The number of likely N-dealkylation sites (N-methyl/N-ethyl adjacent to an activating group) is 1. The number of hydrogen-bond donors (Lipinski definition) is 1. The van der Waals surface area contributed by atoms with Crippen molar-refractivity contribution in [3.63, 3.8) is 0 Å². The molecule has 86 valence electrons. The predicted octanol–water partition coefficient (Wildman–Crippen LogP) is 1.50. The zero-order chi connectivity index (χ0) is 11.5. The zero-order valence-electron chi connectivity index (χ0n) is 8.67. The van der Waals surface area contributed by atoms with E-state index < -0.39 is 12.2 Å². The first-order valence-electron chi connectivity index (χ1n) is 4.71. The lowest BCUT2D eigenvalue weighted by molar-refractivity contribution is -0.155. The third-order valence-corrected chi connectivity index (χ3v) is 2.04. The second-order valence-corrected chi connectivity index (χ2v) is 3.38. The van der Waals surface area contributed by atoms with Gasteiger partial charge in [0.25, 0.3) is 0 Å². The first-order chi connectivity index (χ1) is 6.93. The van der Waals surface area contributed by atoms with E-state index in [-0.39, 0.29) is 6.42 Å². The van der Waals surface area contributed by atoms with Crippen molar-refractivity contribution in [2.75, 3.05) is 6.54 Å². The van der Waals surface area contributed by atoms with Crippen LogP contribution in [0.1, 0.15) is 12.5 Å². The van der Waals surface area contributed by atoms with Crippen molar-refractivity contribution in [1.29, 1.82) is 0 Å². The van der Waals surface area contributed by atoms with Crippen LogP contribution in [0.4, 0.5) is 13.2 Å². The van der Waals surface area contributed by atoms with Crippen LogP contribution in [-0.2, 0) is 13.5 Å². The van der Waals surface area contributed by atoms with Crippen LogP contribution in [0.3, 0.4) is 0 Å². The Balaban J connectivity index is 2.66. The Hall–Kier alpha value is -1.04. The van der Waals surface area contributed by atoms with Crippen LogP contribution in [0.15, 0.2) is 12.4 Å². The van der Waals surface area contributed by atoms with E-state index in [0.29, 0.717) is 12.1 Å². The highest BCUT2D eigenvalue weighted by Crippen LogP contribution is 2.22. The summed E-state index contributed by atoms with van der Waals surface area (Å²) in [6, 6.07) is -1.49. The number of hydrogen-bond acceptors (Lipinski definition) is 2. The Kier molecular flexibility index (Phi) is 3.73. The van der Waals surface area contributed by atoms with Crippen molar-refractivity contribution >= 4 is 0 Å². The lowest BCUT2D eigenvalue weighted by Gasteiger charge is -2.20. The summed E-state index contributed by atoms with van der Waals surface area (Å²) in [6.45, 7) is 1.95. The van der Waals surface area contributed by atoms with E-state index in [9.17, 15) is 13.2 Å². The molecule has 0 bridgehead atoms. The molecule has 0 aliphatic heterocycles. The average Bonchev–Trinajstić information content (AvgIpc) is 2.49. The Morgan fingerprint density at radius 2 is 2.20 bits per heavy atom. The van der Waals surface area contributed by atoms with Crippen LogP contribution >= 0.6 is 0 Å². The van der Waals surface area contributed by atoms with Crippen LogP contribution in [0.5, 0.6) is 0 Å². The van der Waals surface area contributed by atoms with Crippen molar-refractivity contribution in [3.05, 3.63) is 18.0 Å². The lowest BCUT2D eigenvalue weighted by atomic mass is 10.1. The molecule has 0 spiro atoms. The van der Waals surface area contributed by atoms with Crippen molar-refractivity contribution < 1.29 is 13.2 Å². The highest BCUT2D eigenvalue weighted by atomic mass is 19.4. The summed E-state index contributed by atoms with van der Waals surface area (Å²) in [5.74, 6) is 0. The minimum absolute atomic E-state index is 0.0782. The fourth-order valence-corrected chi connectivity index (χ4v) is 1.36. The highest BCUT2D eigenvalue weighted by molar-refractivity contribution is 5.06. The quantitative estimate of drug-likeness (QED) is 0.835. The van der Waals surface area contributed by atoms with E-state index in [1.54, 1.807) is 20.2 Å². The summed E-state index contributed by atoms with van der Waals surface area (Å²) >= 11 is 0. The maximum Gasteiger partial charge on any atom is 0.404 e. The molecule has 0 aliphatic rings. The molecule has 1 aromatic heterocycles. The number of nitrogens with zero attached hydrogens (tertiary/aromatic N) is 2. The number of halogens is 3. The molecular weight excluding hydrogens is 207 g/mol. The van der Waals surface area contributed by atoms with Gasteiger partial charge in [-0.05, 0) is 18.5 Å². The summed E-state index contributed by atoms with van der Waals surface area (Å²) < 4.78 is 39.0. The van der Waals surface area contributed by atoms with E-state index in [1.165, 1.54) is 10.9 Å². The molecule has 0 aromatic carbocycles. The summed E-state index contributed by atoms with van der Waals surface area (Å²) in [4.78, 5) is 0. The molecule has 1 unspecified atom stereocenters. The fourth-order valence-electron chi connectivity index (χ4n) is 1.36. The van der Waals surface area contributed by atoms with Crippen LogP contribution in [0.25, 0.3) is 0 Å². The lowest BCUT2D eigenvalue weighted by Crippen LogP contribution is -2.43. The molecule has 1 atom stereocenters. The van der Waals surface area contributed by atoms with E-state index >= 15 is 0 Å². The molecule has 6 heteroatoms. The Labute approximate surface area is 86.3 Å². The molecule has 3 nitrogen and oxygen atoms in total. The van der Waals surface area contributed by atoms with Crippen LogP contribution in [0.2, 0.25) is 0 Å². The third-order valence-electron chi connectivity index (χ3n) is 2.04. The second-order valence-electron chi connectivity index (χ2n) is 3.38. The van der Waals surface area contributed by atoms with Gasteiger partial charge >= 0.3 is 6.18 Å². The Morgan fingerprint density at radius 3 is 2.60 bits per heavy atom. The van der Waals surface area contributed by atoms with Gasteiger partial charge in [0, 0.05) is 13.2 Å². The SMILES string of the molecule is CCNC(Cc1cnn(C)c1)C(F)(F)F. The van der Waals surface area contributed by atoms with E-state index in [1.807, 2.05) is 0 Å². The first kappa shape index (κ1) is 12.0.